The van der Waals surface area contributed by atoms with Gasteiger partial charge in [-0.15, -0.1) is 0 Å². The highest BCUT2D eigenvalue weighted by molar-refractivity contribution is 4.93. The molecule has 0 aliphatic carbocycles. The van der Waals surface area contributed by atoms with E-state index in [4.69, 9.17) is 5.73 Å². The third-order valence-electron chi connectivity index (χ3n) is 3.36. The van der Waals surface area contributed by atoms with Gasteiger partial charge in [-0.25, -0.2) is 0 Å². The van der Waals surface area contributed by atoms with Gasteiger partial charge in [0, 0.05) is 25.7 Å². The van der Waals surface area contributed by atoms with Crippen molar-refractivity contribution in [2.45, 2.75) is 40.2 Å². The summed E-state index contributed by atoms with van der Waals surface area (Å²) in [4.78, 5) is 2.51. The van der Waals surface area contributed by atoms with Crippen LogP contribution in [0.1, 0.15) is 34.1 Å². The second-order valence-corrected chi connectivity index (χ2v) is 5.30. The van der Waals surface area contributed by atoms with E-state index in [9.17, 15) is 0 Å². The van der Waals surface area contributed by atoms with Gasteiger partial charge in [-0.2, -0.15) is 0 Å². The Bertz CT molecular complexity index is 165. The molecule has 0 saturated carbocycles. The first-order valence-electron chi connectivity index (χ1n) is 5.43. The highest BCUT2D eigenvalue weighted by atomic mass is 15.2. The largest absolute Gasteiger partial charge is 0.326 e. The molecule has 0 aromatic heterocycles. The smallest absolute Gasteiger partial charge is 0.0232 e. The normalized spacial score (nSPS) is 30.7. The minimum atomic E-state index is 0.313. The lowest BCUT2D eigenvalue weighted by molar-refractivity contribution is 0.253. The van der Waals surface area contributed by atoms with Crippen LogP contribution in [-0.2, 0) is 0 Å². The van der Waals surface area contributed by atoms with Crippen LogP contribution >= 0.6 is 0 Å². The van der Waals surface area contributed by atoms with Crippen molar-refractivity contribution in [1.29, 1.82) is 0 Å². The minimum Gasteiger partial charge on any atom is -0.326 e. The maximum Gasteiger partial charge on any atom is 0.0232 e. The van der Waals surface area contributed by atoms with E-state index in [1.165, 1.54) is 19.5 Å². The van der Waals surface area contributed by atoms with E-state index in [1.807, 2.05) is 0 Å². The number of hydrogen-bond acceptors (Lipinski definition) is 2. The lowest BCUT2D eigenvalue weighted by Crippen LogP contribution is -2.35. The molecule has 1 aliphatic heterocycles. The highest BCUT2D eigenvalue weighted by Gasteiger charge is 2.36. The van der Waals surface area contributed by atoms with Crippen molar-refractivity contribution in [2.24, 2.45) is 17.1 Å². The van der Waals surface area contributed by atoms with Crippen LogP contribution in [0.3, 0.4) is 0 Å². The minimum absolute atomic E-state index is 0.313. The molecule has 1 heterocycles. The summed E-state index contributed by atoms with van der Waals surface area (Å²) in [6.45, 7) is 12.6. The molecule has 0 amide bonds. The summed E-state index contributed by atoms with van der Waals surface area (Å²) in [5.74, 6) is 0.807. The first-order valence-corrected chi connectivity index (χ1v) is 5.43. The summed E-state index contributed by atoms with van der Waals surface area (Å²) < 4.78 is 0. The molecule has 2 atom stereocenters. The Morgan fingerprint density at radius 2 is 2.15 bits per heavy atom. The number of rotatable bonds is 3. The van der Waals surface area contributed by atoms with Crippen LogP contribution in [0.5, 0.6) is 0 Å². The average molecular weight is 184 g/mol. The van der Waals surface area contributed by atoms with Crippen molar-refractivity contribution in [1.82, 2.24) is 4.90 Å². The van der Waals surface area contributed by atoms with Gasteiger partial charge in [0.25, 0.3) is 0 Å². The molecule has 78 valence electrons. The summed E-state index contributed by atoms with van der Waals surface area (Å²) in [6.07, 6.45) is 1.27. The van der Waals surface area contributed by atoms with Crippen molar-refractivity contribution in [3.05, 3.63) is 0 Å². The summed E-state index contributed by atoms with van der Waals surface area (Å²) in [5.41, 5.74) is 6.39. The molecule has 1 aliphatic rings. The molecule has 2 nitrogen and oxygen atoms in total. The summed E-state index contributed by atoms with van der Waals surface area (Å²) >= 11 is 0. The molecular weight excluding hydrogens is 160 g/mol. The van der Waals surface area contributed by atoms with E-state index in [0.29, 0.717) is 11.5 Å². The van der Waals surface area contributed by atoms with Gasteiger partial charge < -0.3 is 10.6 Å². The molecule has 0 radical (unpaired) electrons. The van der Waals surface area contributed by atoms with Crippen LogP contribution in [0, 0.1) is 11.3 Å². The fourth-order valence-electron chi connectivity index (χ4n) is 1.99. The fraction of sp³-hybridized carbons (Fsp3) is 1.00. The molecule has 13 heavy (non-hydrogen) atoms. The van der Waals surface area contributed by atoms with Crippen molar-refractivity contribution in [2.75, 3.05) is 19.6 Å². The first kappa shape index (κ1) is 11.0. The van der Waals surface area contributed by atoms with E-state index >= 15 is 0 Å². The predicted molar refractivity (Wildman–Crippen MR) is 57.7 cm³/mol. The topological polar surface area (TPSA) is 29.3 Å². The Kier molecular flexibility index (Phi) is 3.36. The number of hydrogen-bond donors (Lipinski definition) is 1. The van der Waals surface area contributed by atoms with E-state index in [0.717, 1.165) is 12.5 Å². The zero-order chi connectivity index (χ0) is 10.1. The van der Waals surface area contributed by atoms with Crippen molar-refractivity contribution in [3.63, 3.8) is 0 Å². The van der Waals surface area contributed by atoms with Gasteiger partial charge in [-0.1, -0.05) is 34.1 Å². The summed E-state index contributed by atoms with van der Waals surface area (Å²) in [6, 6.07) is 0.358. The third-order valence-corrected chi connectivity index (χ3v) is 3.36. The quantitative estimate of drug-likeness (QED) is 0.723. The van der Waals surface area contributed by atoms with E-state index in [-0.39, 0.29) is 0 Å². The molecule has 1 saturated heterocycles. The van der Waals surface area contributed by atoms with Gasteiger partial charge in [-0.3, -0.25) is 0 Å². The first-order chi connectivity index (χ1) is 5.95. The van der Waals surface area contributed by atoms with Crippen LogP contribution in [-0.4, -0.2) is 30.6 Å². The Hall–Kier alpha value is -0.0800. The lowest BCUT2D eigenvalue weighted by atomic mass is 9.89. The standard InChI is InChI=1S/C11H24N2/c1-5-9(2)6-13-7-10(12)11(3,4)8-13/h9-10H,5-8,12H2,1-4H3. The second-order valence-electron chi connectivity index (χ2n) is 5.30. The zero-order valence-electron chi connectivity index (χ0n) is 9.51. The molecule has 1 rings (SSSR count). The van der Waals surface area contributed by atoms with Crippen molar-refractivity contribution < 1.29 is 0 Å². The lowest BCUT2D eigenvalue weighted by Gasteiger charge is -2.23. The number of likely N-dealkylation sites (tertiary alicyclic amines) is 1. The van der Waals surface area contributed by atoms with Crippen LogP contribution in [0.25, 0.3) is 0 Å². The molecule has 2 N–H and O–H groups in total. The molecule has 2 heteroatoms. The Labute approximate surface area is 82.5 Å². The van der Waals surface area contributed by atoms with Gasteiger partial charge in [0.05, 0.1) is 0 Å². The van der Waals surface area contributed by atoms with Crippen molar-refractivity contribution in [3.8, 4) is 0 Å². The van der Waals surface area contributed by atoms with Gasteiger partial charge in [0.2, 0.25) is 0 Å². The second kappa shape index (κ2) is 3.97. The van der Waals surface area contributed by atoms with Gasteiger partial charge >= 0.3 is 0 Å². The maximum absolute atomic E-state index is 6.08. The van der Waals surface area contributed by atoms with E-state index in [2.05, 4.69) is 32.6 Å². The van der Waals surface area contributed by atoms with Gasteiger partial charge in [-0.05, 0) is 11.3 Å². The van der Waals surface area contributed by atoms with Crippen LogP contribution < -0.4 is 5.73 Å². The Balaban J connectivity index is 2.40. The summed E-state index contributed by atoms with van der Waals surface area (Å²) in [7, 11) is 0. The zero-order valence-corrected chi connectivity index (χ0v) is 9.51. The maximum atomic E-state index is 6.08. The van der Waals surface area contributed by atoms with Crippen LogP contribution in [0.15, 0.2) is 0 Å². The molecule has 0 aromatic rings. The molecule has 1 fully saturated rings. The van der Waals surface area contributed by atoms with Gasteiger partial charge in [0.15, 0.2) is 0 Å². The Morgan fingerprint density at radius 1 is 1.54 bits per heavy atom. The molecule has 0 spiro atoms. The van der Waals surface area contributed by atoms with E-state index in [1.54, 1.807) is 0 Å². The van der Waals surface area contributed by atoms with Crippen molar-refractivity contribution >= 4 is 0 Å². The molecule has 0 aromatic carbocycles. The Morgan fingerprint density at radius 3 is 2.54 bits per heavy atom. The molecular formula is C11H24N2. The average Bonchev–Trinajstić information content (AvgIpc) is 2.25. The van der Waals surface area contributed by atoms with E-state index < -0.39 is 0 Å². The fourth-order valence-corrected chi connectivity index (χ4v) is 1.99. The third kappa shape index (κ3) is 2.68. The SMILES string of the molecule is CCC(C)CN1CC(N)C(C)(C)C1. The predicted octanol–water partition coefficient (Wildman–Crippen LogP) is 1.70. The molecule has 0 bridgehead atoms. The van der Waals surface area contributed by atoms with Crippen LogP contribution in [0.2, 0.25) is 0 Å². The number of nitrogens with two attached hydrogens (primary N) is 1. The highest BCUT2D eigenvalue weighted by Crippen LogP contribution is 2.28. The summed E-state index contributed by atoms with van der Waals surface area (Å²) in [5, 5.41) is 0. The number of nitrogens with zero attached hydrogens (tertiary/aromatic N) is 1. The molecule has 2 unspecified atom stereocenters. The monoisotopic (exact) mass is 184 g/mol. The van der Waals surface area contributed by atoms with Crippen LogP contribution in [0.4, 0.5) is 0 Å². The van der Waals surface area contributed by atoms with Gasteiger partial charge in [0.1, 0.15) is 0 Å².